The van der Waals surface area contributed by atoms with E-state index < -0.39 is 0 Å². The summed E-state index contributed by atoms with van der Waals surface area (Å²) >= 11 is 7.54. The monoisotopic (exact) mass is 293 g/mol. The number of nitrogens with zero attached hydrogens (tertiary/aromatic N) is 4. The summed E-state index contributed by atoms with van der Waals surface area (Å²) in [5.41, 5.74) is 0. The number of tetrazole rings is 1. The number of fused-ring (bicyclic) bond motifs is 1. The first-order valence-electron chi connectivity index (χ1n) is 5.37. The Hall–Kier alpha value is -1.99. The standard InChI is InChI=1S/C11H8ClN5OS/c1-17-15-11(14-16-17)13-10(18)9-8(12)6-4-2-3-5-7(6)19-9/h2-5H,1H3,(H,13,15,18). The van der Waals surface area contributed by atoms with Crippen molar-refractivity contribution in [2.45, 2.75) is 0 Å². The molecule has 0 spiro atoms. The first-order chi connectivity index (χ1) is 9.15. The van der Waals surface area contributed by atoms with Crippen molar-refractivity contribution in [1.82, 2.24) is 20.2 Å². The van der Waals surface area contributed by atoms with E-state index in [2.05, 4.69) is 20.7 Å². The van der Waals surface area contributed by atoms with Gasteiger partial charge in [0.25, 0.3) is 11.9 Å². The van der Waals surface area contributed by atoms with Gasteiger partial charge in [-0.3, -0.25) is 10.1 Å². The number of hydrogen-bond donors (Lipinski definition) is 1. The van der Waals surface area contributed by atoms with Gasteiger partial charge in [0.1, 0.15) is 4.88 Å². The van der Waals surface area contributed by atoms with Crippen LogP contribution in [0.2, 0.25) is 5.02 Å². The second-order valence-electron chi connectivity index (χ2n) is 3.80. The Bertz CT molecular complexity index is 765. The first kappa shape index (κ1) is 12.1. The number of amides is 1. The van der Waals surface area contributed by atoms with E-state index in [9.17, 15) is 4.79 Å². The zero-order chi connectivity index (χ0) is 13.4. The largest absolute Gasteiger partial charge is 0.287 e. The van der Waals surface area contributed by atoms with Gasteiger partial charge in [-0.2, -0.15) is 4.80 Å². The number of anilines is 1. The van der Waals surface area contributed by atoms with Crippen LogP contribution >= 0.6 is 22.9 Å². The van der Waals surface area contributed by atoms with Gasteiger partial charge in [-0.25, -0.2) is 0 Å². The molecule has 1 aromatic carbocycles. The Morgan fingerprint density at radius 1 is 1.42 bits per heavy atom. The molecule has 0 atom stereocenters. The summed E-state index contributed by atoms with van der Waals surface area (Å²) in [5.74, 6) is -0.180. The third-order valence-corrected chi connectivity index (χ3v) is 4.15. The molecule has 2 heterocycles. The van der Waals surface area contributed by atoms with Gasteiger partial charge in [-0.05, 0) is 11.3 Å². The van der Waals surface area contributed by atoms with Crippen LogP contribution in [0.5, 0.6) is 0 Å². The highest BCUT2D eigenvalue weighted by Gasteiger charge is 2.18. The molecule has 0 aliphatic rings. The first-order valence-corrected chi connectivity index (χ1v) is 6.57. The molecule has 0 unspecified atom stereocenters. The topological polar surface area (TPSA) is 72.7 Å². The second-order valence-corrected chi connectivity index (χ2v) is 5.23. The number of hydrogen-bond acceptors (Lipinski definition) is 5. The SMILES string of the molecule is Cn1nnc(NC(=O)c2sc3ccccc3c2Cl)n1. The molecule has 0 aliphatic carbocycles. The molecule has 0 saturated carbocycles. The summed E-state index contributed by atoms with van der Waals surface area (Å²) in [6, 6.07) is 7.59. The molecule has 0 saturated heterocycles. The smallest absolute Gasteiger partial charge is 0.270 e. The van der Waals surface area contributed by atoms with E-state index in [1.807, 2.05) is 24.3 Å². The Kier molecular flexibility index (Phi) is 2.92. The number of aromatic nitrogens is 4. The fourth-order valence-corrected chi connectivity index (χ4v) is 3.06. The summed E-state index contributed by atoms with van der Waals surface area (Å²) in [4.78, 5) is 13.8. The summed E-state index contributed by atoms with van der Waals surface area (Å²) < 4.78 is 0.963. The lowest BCUT2D eigenvalue weighted by atomic mass is 10.2. The van der Waals surface area contributed by atoms with Crippen LogP contribution in [-0.2, 0) is 7.05 Å². The highest BCUT2D eigenvalue weighted by Crippen LogP contribution is 2.35. The number of benzene rings is 1. The molecule has 0 fully saturated rings. The molecule has 0 radical (unpaired) electrons. The van der Waals surface area contributed by atoms with E-state index in [-0.39, 0.29) is 11.9 Å². The lowest BCUT2D eigenvalue weighted by Crippen LogP contribution is -2.12. The van der Waals surface area contributed by atoms with Gasteiger partial charge in [0.05, 0.1) is 12.1 Å². The van der Waals surface area contributed by atoms with Gasteiger partial charge in [-0.1, -0.05) is 34.9 Å². The molecule has 0 aliphatic heterocycles. The van der Waals surface area contributed by atoms with Crippen molar-refractivity contribution in [3.8, 4) is 0 Å². The van der Waals surface area contributed by atoms with E-state index >= 15 is 0 Å². The normalized spacial score (nSPS) is 10.8. The Morgan fingerprint density at radius 3 is 2.89 bits per heavy atom. The van der Waals surface area contributed by atoms with Crippen molar-refractivity contribution >= 4 is 44.9 Å². The van der Waals surface area contributed by atoms with E-state index in [0.29, 0.717) is 9.90 Å². The van der Waals surface area contributed by atoms with Crippen molar-refractivity contribution < 1.29 is 4.79 Å². The quantitative estimate of drug-likeness (QED) is 0.787. The lowest BCUT2D eigenvalue weighted by molar-refractivity contribution is 0.103. The molecule has 8 heteroatoms. The maximum atomic E-state index is 12.1. The molecule has 19 heavy (non-hydrogen) atoms. The minimum atomic E-state index is -0.334. The second kappa shape index (κ2) is 4.60. The zero-order valence-corrected chi connectivity index (χ0v) is 11.4. The van der Waals surface area contributed by atoms with E-state index in [1.165, 1.54) is 16.1 Å². The van der Waals surface area contributed by atoms with Crippen molar-refractivity contribution in [2.24, 2.45) is 7.05 Å². The Morgan fingerprint density at radius 2 is 2.21 bits per heavy atom. The summed E-state index contributed by atoms with van der Waals surface area (Å²) in [6.45, 7) is 0. The van der Waals surface area contributed by atoms with Crippen LogP contribution < -0.4 is 5.32 Å². The van der Waals surface area contributed by atoms with E-state index in [1.54, 1.807) is 7.05 Å². The van der Waals surface area contributed by atoms with E-state index in [0.717, 1.165) is 10.1 Å². The predicted octanol–water partition coefficient (Wildman–Crippen LogP) is 2.33. The highest BCUT2D eigenvalue weighted by atomic mass is 35.5. The van der Waals surface area contributed by atoms with Gasteiger partial charge in [0, 0.05) is 10.1 Å². The molecule has 6 nitrogen and oxygen atoms in total. The van der Waals surface area contributed by atoms with Crippen molar-refractivity contribution in [2.75, 3.05) is 5.32 Å². The molecule has 3 rings (SSSR count). The van der Waals surface area contributed by atoms with Crippen LogP contribution in [-0.4, -0.2) is 26.1 Å². The van der Waals surface area contributed by atoms with Crippen LogP contribution in [0.1, 0.15) is 9.67 Å². The fourth-order valence-electron chi connectivity index (χ4n) is 1.65. The highest BCUT2D eigenvalue weighted by molar-refractivity contribution is 7.21. The Labute approximate surface area is 117 Å². The summed E-state index contributed by atoms with van der Waals surface area (Å²) in [7, 11) is 1.62. The van der Waals surface area contributed by atoms with Crippen LogP contribution in [0.25, 0.3) is 10.1 Å². The molecular formula is C11H8ClN5OS. The number of halogens is 1. The van der Waals surface area contributed by atoms with Crippen LogP contribution in [0.15, 0.2) is 24.3 Å². The number of carbonyl (C=O) groups excluding carboxylic acids is 1. The molecule has 2 aromatic heterocycles. The minimum absolute atomic E-state index is 0.154. The van der Waals surface area contributed by atoms with Crippen molar-refractivity contribution in [3.63, 3.8) is 0 Å². The average Bonchev–Trinajstić information content (AvgIpc) is 2.94. The molecule has 0 bridgehead atoms. The third-order valence-electron chi connectivity index (χ3n) is 2.47. The molecule has 3 aromatic rings. The number of carbonyl (C=O) groups is 1. The summed E-state index contributed by atoms with van der Waals surface area (Å²) in [5, 5.41) is 15.1. The maximum absolute atomic E-state index is 12.1. The minimum Gasteiger partial charge on any atom is -0.287 e. The van der Waals surface area contributed by atoms with Gasteiger partial charge in [0.2, 0.25) is 0 Å². The Balaban J connectivity index is 1.95. The number of rotatable bonds is 2. The fraction of sp³-hybridized carbons (Fsp3) is 0.0909. The molecule has 1 amide bonds. The number of nitrogens with one attached hydrogen (secondary N) is 1. The van der Waals surface area contributed by atoms with Crippen LogP contribution in [0.3, 0.4) is 0 Å². The van der Waals surface area contributed by atoms with E-state index in [4.69, 9.17) is 11.6 Å². The third kappa shape index (κ3) is 2.18. The molecule has 1 N–H and O–H groups in total. The van der Waals surface area contributed by atoms with Crippen molar-refractivity contribution in [3.05, 3.63) is 34.2 Å². The van der Waals surface area contributed by atoms with Crippen LogP contribution in [0, 0.1) is 0 Å². The lowest BCUT2D eigenvalue weighted by Gasteiger charge is -1.97. The van der Waals surface area contributed by atoms with Gasteiger partial charge in [0.15, 0.2) is 0 Å². The van der Waals surface area contributed by atoms with Crippen molar-refractivity contribution in [1.29, 1.82) is 0 Å². The molecular weight excluding hydrogens is 286 g/mol. The zero-order valence-electron chi connectivity index (χ0n) is 9.79. The predicted molar refractivity (Wildman–Crippen MR) is 73.6 cm³/mol. The molecule has 96 valence electrons. The van der Waals surface area contributed by atoms with Gasteiger partial charge in [-0.15, -0.1) is 16.4 Å². The number of aryl methyl sites for hydroxylation is 1. The summed E-state index contributed by atoms with van der Waals surface area (Å²) in [6.07, 6.45) is 0. The van der Waals surface area contributed by atoms with Gasteiger partial charge >= 0.3 is 0 Å². The van der Waals surface area contributed by atoms with Crippen LogP contribution in [0.4, 0.5) is 5.95 Å². The van der Waals surface area contributed by atoms with Gasteiger partial charge < -0.3 is 0 Å². The maximum Gasteiger partial charge on any atom is 0.270 e. The average molecular weight is 294 g/mol. The number of thiophene rings is 1.